The zero-order valence-corrected chi connectivity index (χ0v) is 15.6. The Morgan fingerprint density at radius 1 is 1.22 bits per heavy atom. The molecule has 138 valence electrons. The number of amides is 1. The average molecular weight is 404 g/mol. The second-order valence-electron chi connectivity index (χ2n) is 6.29. The first-order chi connectivity index (χ1) is 13.0. The fourth-order valence-corrected chi connectivity index (χ4v) is 2.98. The molecule has 0 radical (unpaired) electrons. The van der Waals surface area contributed by atoms with Gasteiger partial charge in [0.15, 0.2) is 0 Å². The number of carbonyl (C=O) groups excluding carboxylic acids is 1. The topological polar surface area (TPSA) is 81.8 Å². The van der Waals surface area contributed by atoms with E-state index in [1.54, 1.807) is 4.68 Å². The normalized spacial score (nSPS) is 13.6. The minimum Gasteiger partial charge on any atom is -0.309 e. The van der Waals surface area contributed by atoms with Crippen molar-refractivity contribution in [1.29, 1.82) is 0 Å². The van der Waals surface area contributed by atoms with E-state index in [9.17, 15) is 9.59 Å². The van der Waals surface area contributed by atoms with Crippen LogP contribution in [0.2, 0.25) is 10.0 Å². The molecule has 4 rings (SSSR count). The summed E-state index contributed by atoms with van der Waals surface area (Å²) in [5.74, 6) is 0.564. The minimum atomic E-state index is -0.616. The first-order valence-electron chi connectivity index (χ1n) is 8.39. The predicted octanol–water partition coefficient (Wildman–Crippen LogP) is 3.25. The molecule has 27 heavy (non-hydrogen) atoms. The summed E-state index contributed by atoms with van der Waals surface area (Å²) in [4.78, 5) is 24.5. The van der Waals surface area contributed by atoms with Crippen LogP contribution in [0.3, 0.4) is 0 Å². The maximum Gasteiger partial charge on any atom is 0.287 e. The molecule has 3 aromatic rings. The van der Waals surface area contributed by atoms with Crippen molar-refractivity contribution in [3.63, 3.8) is 0 Å². The van der Waals surface area contributed by atoms with Crippen molar-refractivity contribution in [2.24, 2.45) is 0 Å². The molecule has 2 heterocycles. The molecular formula is C18H15Cl2N5O2. The van der Waals surface area contributed by atoms with Gasteiger partial charge in [0.05, 0.1) is 22.6 Å². The van der Waals surface area contributed by atoms with E-state index in [2.05, 4.69) is 15.5 Å². The summed E-state index contributed by atoms with van der Waals surface area (Å²) in [6.07, 6.45) is 3.43. The van der Waals surface area contributed by atoms with Crippen LogP contribution >= 0.6 is 23.2 Å². The fourth-order valence-electron chi connectivity index (χ4n) is 2.71. The lowest BCUT2D eigenvalue weighted by Gasteiger charge is -2.09. The van der Waals surface area contributed by atoms with E-state index < -0.39 is 11.5 Å². The zero-order chi connectivity index (χ0) is 19.0. The number of aromatic nitrogens is 4. The standard InChI is InChI=1S/C18H15Cl2N5O2/c19-13-9-21-24(18(27)17(13)20)10-16(26)22-15-8-14(11-6-7-11)23-25(15)12-4-2-1-3-5-12/h1-5,8-9,11H,6-7,10H2,(H,22,26). The van der Waals surface area contributed by atoms with Crippen molar-refractivity contribution in [3.8, 4) is 5.69 Å². The van der Waals surface area contributed by atoms with E-state index in [0.29, 0.717) is 11.7 Å². The molecule has 0 spiro atoms. The van der Waals surface area contributed by atoms with Gasteiger partial charge in [0.1, 0.15) is 17.4 Å². The van der Waals surface area contributed by atoms with E-state index in [1.165, 1.54) is 6.20 Å². The van der Waals surface area contributed by atoms with Gasteiger partial charge in [-0.15, -0.1) is 0 Å². The third-order valence-electron chi connectivity index (χ3n) is 4.23. The Hall–Kier alpha value is -2.64. The van der Waals surface area contributed by atoms with Gasteiger partial charge in [-0.2, -0.15) is 10.2 Å². The lowest BCUT2D eigenvalue weighted by atomic mass is 10.3. The van der Waals surface area contributed by atoms with Crippen molar-refractivity contribution < 1.29 is 4.79 Å². The van der Waals surface area contributed by atoms with Crippen LogP contribution in [0.1, 0.15) is 24.5 Å². The Morgan fingerprint density at radius 2 is 1.96 bits per heavy atom. The van der Waals surface area contributed by atoms with Gasteiger partial charge < -0.3 is 5.32 Å². The van der Waals surface area contributed by atoms with Gasteiger partial charge in [-0.25, -0.2) is 9.36 Å². The number of benzene rings is 1. The second kappa shape index (κ2) is 7.17. The van der Waals surface area contributed by atoms with Gasteiger partial charge in [-0.1, -0.05) is 41.4 Å². The van der Waals surface area contributed by atoms with Crippen LogP contribution < -0.4 is 10.9 Å². The molecule has 1 saturated carbocycles. The van der Waals surface area contributed by atoms with Crippen LogP contribution in [-0.2, 0) is 11.3 Å². The summed E-state index contributed by atoms with van der Waals surface area (Å²) in [6.45, 7) is -0.283. The van der Waals surface area contributed by atoms with Gasteiger partial charge in [-0.3, -0.25) is 9.59 Å². The first kappa shape index (κ1) is 17.8. The van der Waals surface area contributed by atoms with E-state index in [-0.39, 0.29) is 16.6 Å². The summed E-state index contributed by atoms with van der Waals surface area (Å²) in [5, 5.41) is 11.2. The Morgan fingerprint density at radius 3 is 2.67 bits per heavy atom. The third kappa shape index (κ3) is 3.74. The van der Waals surface area contributed by atoms with E-state index in [1.807, 2.05) is 36.4 Å². The summed E-state index contributed by atoms with van der Waals surface area (Å²) >= 11 is 11.6. The van der Waals surface area contributed by atoms with Crippen LogP contribution in [0.15, 0.2) is 47.4 Å². The van der Waals surface area contributed by atoms with Gasteiger partial charge in [0.25, 0.3) is 5.56 Å². The van der Waals surface area contributed by atoms with Crippen molar-refractivity contribution in [3.05, 3.63) is 68.7 Å². The van der Waals surface area contributed by atoms with Crippen LogP contribution in [0.5, 0.6) is 0 Å². The molecule has 9 heteroatoms. The van der Waals surface area contributed by atoms with Gasteiger partial charge >= 0.3 is 0 Å². The highest BCUT2D eigenvalue weighted by Crippen LogP contribution is 2.40. The molecule has 1 fully saturated rings. The molecule has 1 aromatic carbocycles. The molecule has 1 aliphatic rings. The molecule has 1 N–H and O–H groups in total. The number of para-hydroxylation sites is 1. The number of carbonyl (C=O) groups is 1. The van der Waals surface area contributed by atoms with Crippen LogP contribution in [0.4, 0.5) is 5.82 Å². The third-order valence-corrected chi connectivity index (χ3v) is 4.98. The molecule has 2 aromatic heterocycles. The minimum absolute atomic E-state index is 0.0505. The van der Waals surface area contributed by atoms with Crippen LogP contribution in [0, 0.1) is 0 Å². The molecule has 0 aliphatic heterocycles. The van der Waals surface area contributed by atoms with Crippen LogP contribution in [-0.4, -0.2) is 25.5 Å². The largest absolute Gasteiger partial charge is 0.309 e. The van der Waals surface area contributed by atoms with E-state index in [0.717, 1.165) is 28.9 Å². The number of anilines is 1. The Kier molecular flexibility index (Phi) is 4.72. The van der Waals surface area contributed by atoms with Crippen molar-refractivity contribution in [1.82, 2.24) is 19.6 Å². The number of hydrogen-bond acceptors (Lipinski definition) is 4. The highest BCUT2D eigenvalue weighted by atomic mass is 35.5. The molecule has 1 amide bonds. The maximum atomic E-state index is 12.5. The van der Waals surface area contributed by atoms with E-state index >= 15 is 0 Å². The van der Waals surface area contributed by atoms with Crippen molar-refractivity contribution >= 4 is 34.9 Å². The Labute approximate surface area is 164 Å². The molecule has 0 atom stereocenters. The van der Waals surface area contributed by atoms with Crippen molar-refractivity contribution in [2.75, 3.05) is 5.32 Å². The molecular weight excluding hydrogens is 389 g/mol. The zero-order valence-electron chi connectivity index (χ0n) is 14.1. The molecule has 0 bridgehead atoms. The SMILES string of the molecule is O=C(Cn1ncc(Cl)c(Cl)c1=O)Nc1cc(C2CC2)nn1-c1ccccc1. The number of nitrogens with zero attached hydrogens (tertiary/aromatic N) is 4. The monoisotopic (exact) mass is 403 g/mol. The number of hydrogen-bond donors (Lipinski definition) is 1. The number of rotatable bonds is 5. The average Bonchev–Trinajstić information content (AvgIpc) is 3.44. The van der Waals surface area contributed by atoms with E-state index in [4.69, 9.17) is 23.2 Å². The molecule has 1 aliphatic carbocycles. The molecule has 7 nitrogen and oxygen atoms in total. The summed E-state index contributed by atoms with van der Waals surface area (Å²) in [5.41, 5.74) is 1.16. The predicted molar refractivity (Wildman–Crippen MR) is 103 cm³/mol. The van der Waals surface area contributed by atoms with Crippen molar-refractivity contribution in [2.45, 2.75) is 25.3 Å². The maximum absolute atomic E-state index is 12.5. The number of nitrogens with one attached hydrogen (secondary N) is 1. The molecule has 0 unspecified atom stereocenters. The second-order valence-corrected chi connectivity index (χ2v) is 7.08. The first-order valence-corrected chi connectivity index (χ1v) is 9.15. The van der Waals surface area contributed by atoms with Gasteiger partial charge in [0.2, 0.25) is 5.91 Å². The lowest BCUT2D eigenvalue weighted by Crippen LogP contribution is -2.30. The highest BCUT2D eigenvalue weighted by molar-refractivity contribution is 6.41. The fraction of sp³-hybridized carbons (Fsp3) is 0.222. The summed E-state index contributed by atoms with van der Waals surface area (Å²) in [6, 6.07) is 11.4. The smallest absolute Gasteiger partial charge is 0.287 e. The Bertz CT molecular complexity index is 1060. The highest BCUT2D eigenvalue weighted by Gasteiger charge is 2.28. The van der Waals surface area contributed by atoms with Crippen LogP contribution in [0.25, 0.3) is 5.69 Å². The summed E-state index contributed by atoms with van der Waals surface area (Å²) in [7, 11) is 0. The lowest BCUT2D eigenvalue weighted by molar-refractivity contribution is -0.117. The van der Waals surface area contributed by atoms with Gasteiger partial charge in [-0.05, 0) is 25.0 Å². The van der Waals surface area contributed by atoms with Gasteiger partial charge in [0, 0.05) is 12.0 Å². The molecule has 0 saturated heterocycles. The number of halogens is 2. The quantitative estimate of drug-likeness (QED) is 0.708. The summed E-state index contributed by atoms with van der Waals surface area (Å²) < 4.78 is 2.66. The Balaban J connectivity index is 1.59.